The van der Waals surface area contributed by atoms with Gasteiger partial charge in [0.15, 0.2) is 0 Å². The maximum absolute atomic E-state index is 4.38. The van der Waals surface area contributed by atoms with Gasteiger partial charge >= 0.3 is 0 Å². The second kappa shape index (κ2) is 7.12. The molecule has 2 rings (SSSR count). The fourth-order valence-electron chi connectivity index (χ4n) is 2.83. The van der Waals surface area contributed by atoms with Gasteiger partial charge in [-0.3, -0.25) is 0 Å². The first kappa shape index (κ1) is 13.0. The van der Waals surface area contributed by atoms with Gasteiger partial charge in [0.25, 0.3) is 0 Å². The highest BCUT2D eigenvalue weighted by Gasteiger charge is 2.16. The van der Waals surface area contributed by atoms with Crippen LogP contribution < -0.4 is 5.32 Å². The Morgan fingerprint density at radius 2 is 2.24 bits per heavy atom. The third kappa shape index (κ3) is 4.40. The van der Waals surface area contributed by atoms with Crippen molar-refractivity contribution < 1.29 is 0 Å². The average Bonchev–Trinajstić information content (AvgIpc) is 2.88. The minimum atomic E-state index is 0.614. The molecular formula is C14H24N2S. The van der Waals surface area contributed by atoms with Gasteiger partial charge in [0, 0.05) is 24.0 Å². The van der Waals surface area contributed by atoms with E-state index in [1.807, 2.05) is 6.20 Å². The van der Waals surface area contributed by atoms with Crippen LogP contribution in [0.4, 0.5) is 0 Å². The molecular weight excluding hydrogens is 228 g/mol. The summed E-state index contributed by atoms with van der Waals surface area (Å²) in [5, 5.41) is 6.79. The van der Waals surface area contributed by atoms with E-state index >= 15 is 0 Å². The number of thiazole rings is 1. The number of likely N-dealkylation sites (N-methyl/N-ethyl adjacent to an activating group) is 1. The summed E-state index contributed by atoms with van der Waals surface area (Å²) in [6.45, 7) is 0. The van der Waals surface area contributed by atoms with Gasteiger partial charge < -0.3 is 5.32 Å². The summed E-state index contributed by atoms with van der Waals surface area (Å²) >= 11 is 1.78. The third-order valence-corrected chi connectivity index (χ3v) is 4.76. The number of rotatable bonds is 6. The van der Waals surface area contributed by atoms with E-state index in [1.165, 1.54) is 50.0 Å². The van der Waals surface area contributed by atoms with Crippen molar-refractivity contribution in [2.75, 3.05) is 7.05 Å². The van der Waals surface area contributed by atoms with Gasteiger partial charge in [-0.2, -0.15) is 0 Å². The molecule has 1 aliphatic carbocycles. The van der Waals surface area contributed by atoms with E-state index in [-0.39, 0.29) is 0 Å². The highest BCUT2D eigenvalue weighted by atomic mass is 32.1. The Hall–Kier alpha value is -0.410. The summed E-state index contributed by atoms with van der Waals surface area (Å²) in [6.07, 6.45) is 13.0. The Labute approximate surface area is 109 Å². The molecule has 1 N–H and O–H groups in total. The van der Waals surface area contributed by atoms with Crippen molar-refractivity contribution in [2.45, 2.75) is 57.4 Å². The lowest BCUT2D eigenvalue weighted by atomic mass is 9.85. The Morgan fingerprint density at radius 3 is 2.88 bits per heavy atom. The van der Waals surface area contributed by atoms with E-state index in [0.717, 1.165) is 12.3 Å². The van der Waals surface area contributed by atoms with Gasteiger partial charge in [0.1, 0.15) is 0 Å². The first-order valence-electron chi connectivity index (χ1n) is 6.94. The van der Waals surface area contributed by atoms with Crippen LogP contribution >= 0.6 is 11.3 Å². The van der Waals surface area contributed by atoms with Gasteiger partial charge in [-0.05, 0) is 25.8 Å². The monoisotopic (exact) mass is 252 g/mol. The Kier molecular flexibility index (Phi) is 5.46. The first-order chi connectivity index (χ1) is 8.38. The molecule has 1 atom stereocenters. The van der Waals surface area contributed by atoms with Crippen molar-refractivity contribution in [3.8, 4) is 0 Å². The summed E-state index contributed by atoms with van der Waals surface area (Å²) < 4.78 is 0. The molecule has 0 aromatic carbocycles. The van der Waals surface area contributed by atoms with Crippen LogP contribution in [0.15, 0.2) is 11.6 Å². The zero-order chi connectivity index (χ0) is 11.9. The lowest BCUT2D eigenvalue weighted by Gasteiger charge is -2.23. The maximum atomic E-state index is 4.38. The van der Waals surface area contributed by atoms with E-state index in [4.69, 9.17) is 0 Å². The summed E-state index contributed by atoms with van der Waals surface area (Å²) in [7, 11) is 2.08. The molecule has 17 heavy (non-hydrogen) atoms. The van der Waals surface area contributed by atoms with Crippen LogP contribution in [-0.2, 0) is 6.42 Å². The van der Waals surface area contributed by atoms with Crippen LogP contribution in [-0.4, -0.2) is 18.1 Å². The van der Waals surface area contributed by atoms with Crippen molar-refractivity contribution >= 4 is 11.3 Å². The molecule has 2 nitrogen and oxygen atoms in total. The zero-order valence-electron chi connectivity index (χ0n) is 10.8. The predicted molar refractivity (Wildman–Crippen MR) is 74.5 cm³/mol. The molecule has 1 aromatic heterocycles. The van der Waals surface area contributed by atoms with Crippen LogP contribution in [0.3, 0.4) is 0 Å². The van der Waals surface area contributed by atoms with Crippen molar-refractivity contribution in [3.05, 3.63) is 16.6 Å². The van der Waals surface area contributed by atoms with E-state index in [1.54, 1.807) is 11.3 Å². The summed E-state index contributed by atoms with van der Waals surface area (Å²) in [5.74, 6) is 0.996. The van der Waals surface area contributed by atoms with E-state index in [2.05, 4.69) is 22.7 Å². The second-order valence-corrected chi connectivity index (χ2v) is 6.18. The Morgan fingerprint density at radius 1 is 1.41 bits per heavy atom. The highest BCUT2D eigenvalue weighted by molar-refractivity contribution is 7.09. The molecule has 0 spiro atoms. The number of aromatic nitrogens is 1. The van der Waals surface area contributed by atoms with Gasteiger partial charge in [-0.15, -0.1) is 11.3 Å². The Balaban J connectivity index is 1.71. The molecule has 1 unspecified atom stereocenters. The molecule has 1 aromatic rings. The van der Waals surface area contributed by atoms with E-state index in [9.17, 15) is 0 Å². The maximum Gasteiger partial charge on any atom is 0.0940 e. The molecule has 1 aliphatic rings. The molecule has 96 valence electrons. The van der Waals surface area contributed by atoms with Gasteiger partial charge in [-0.25, -0.2) is 4.98 Å². The van der Waals surface area contributed by atoms with E-state index in [0.29, 0.717) is 6.04 Å². The summed E-state index contributed by atoms with van der Waals surface area (Å²) in [4.78, 5) is 4.38. The van der Waals surface area contributed by atoms with Crippen molar-refractivity contribution in [3.63, 3.8) is 0 Å². The normalized spacial score (nSPS) is 19.4. The van der Waals surface area contributed by atoms with Gasteiger partial charge in [-0.1, -0.05) is 32.1 Å². The van der Waals surface area contributed by atoms with Crippen LogP contribution in [0.5, 0.6) is 0 Å². The fraction of sp³-hybridized carbons (Fsp3) is 0.786. The lowest BCUT2D eigenvalue weighted by molar-refractivity contribution is 0.315. The Bertz CT molecular complexity index is 291. The molecule has 1 saturated carbocycles. The minimum Gasteiger partial charge on any atom is -0.317 e. The summed E-state index contributed by atoms with van der Waals surface area (Å²) in [5.41, 5.74) is 0. The zero-order valence-corrected chi connectivity index (χ0v) is 11.6. The van der Waals surface area contributed by atoms with Crippen LogP contribution in [0.25, 0.3) is 0 Å². The molecule has 1 fully saturated rings. The average molecular weight is 252 g/mol. The molecule has 0 aliphatic heterocycles. The van der Waals surface area contributed by atoms with Crippen LogP contribution in [0.1, 0.15) is 50.0 Å². The van der Waals surface area contributed by atoms with Crippen LogP contribution in [0, 0.1) is 5.92 Å². The molecule has 0 bridgehead atoms. The minimum absolute atomic E-state index is 0.614. The fourth-order valence-corrected chi connectivity index (χ4v) is 3.52. The van der Waals surface area contributed by atoms with Gasteiger partial charge in [0.2, 0.25) is 0 Å². The number of nitrogens with zero attached hydrogens (tertiary/aromatic N) is 1. The SMILES string of the molecule is CNC(CCC1CCCCC1)Cc1nccs1. The largest absolute Gasteiger partial charge is 0.317 e. The van der Waals surface area contributed by atoms with Crippen molar-refractivity contribution in [1.82, 2.24) is 10.3 Å². The first-order valence-corrected chi connectivity index (χ1v) is 7.82. The number of hydrogen-bond acceptors (Lipinski definition) is 3. The van der Waals surface area contributed by atoms with Gasteiger partial charge in [0.05, 0.1) is 5.01 Å². The number of nitrogens with one attached hydrogen (secondary N) is 1. The topological polar surface area (TPSA) is 24.9 Å². The van der Waals surface area contributed by atoms with Crippen LogP contribution in [0.2, 0.25) is 0 Å². The third-order valence-electron chi connectivity index (χ3n) is 3.96. The molecule has 0 amide bonds. The molecule has 0 saturated heterocycles. The highest BCUT2D eigenvalue weighted by Crippen LogP contribution is 2.28. The van der Waals surface area contributed by atoms with Crippen molar-refractivity contribution in [1.29, 1.82) is 0 Å². The second-order valence-electron chi connectivity index (χ2n) is 5.20. The smallest absolute Gasteiger partial charge is 0.0940 e. The lowest BCUT2D eigenvalue weighted by Crippen LogP contribution is -2.28. The molecule has 0 radical (unpaired) electrons. The number of hydrogen-bond donors (Lipinski definition) is 1. The predicted octanol–water partition coefficient (Wildman–Crippen LogP) is 3.63. The quantitative estimate of drug-likeness (QED) is 0.836. The molecule has 3 heteroatoms. The molecule has 1 heterocycles. The standard InChI is InChI=1S/C14H24N2S/c1-15-13(11-14-16-9-10-17-14)8-7-12-5-3-2-4-6-12/h9-10,12-13,15H,2-8,11H2,1H3. The summed E-state index contributed by atoms with van der Waals surface area (Å²) in [6, 6.07) is 0.614. The van der Waals surface area contributed by atoms with Crippen molar-refractivity contribution in [2.24, 2.45) is 5.92 Å². The van der Waals surface area contributed by atoms with E-state index < -0.39 is 0 Å².